The van der Waals surface area contributed by atoms with Crippen molar-refractivity contribution < 1.29 is 20.1 Å². The van der Waals surface area contributed by atoms with Crippen LogP contribution in [-0.2, 0) is 0 Å². The normalized spacial score (nSPS) is 23.2. The maximum atomic E-state index is 12.9. The summed E-state index contributed by atoms with van der Waals surface area (Å²) in [6.07, 6.45) is 1.39. The molecular formula is C26H34N10O4. The molecule has 5 rings (SSSR count). The quantitative estimate of drug-likeness (QED) is 0.184. The Bertz CT molecular complexity index is 1340. The van der Waals surface area contributed by atoms with Crippen LogP contribution in [0, 0.1) is 0 Å². The highest BCUT2D eigenvalue weighted by molar-refractivity contribution is 6.12. The molecule has 0 aliphatic carbocycles. The fraction of sp³-hybridized carbons (Fsp3) is 0.385. The summed E-state index contributed by atoms with van der Waals surface area (Å²) < 4.78 is 0. The Hall–Kier alpha value is -4.24. The van der Waals surface area contributed by atoms with Crippen LogP contribution in [0.25, 0.3) is 0 Å². The zero-order valence-electron chi connectivity index (χ0n) is 21.8. The first-order valence-electron chi connectivity index (χ1n) is 13.0. The van der Waals surface area contributed by atoms with E-state index in [4.69, 9.17) is 27.9 Å². The number of nitrogens with two attached hydrogens (primary N) is 4. The molecule has 212 valence electrons. The van der Waals surface area contributed by atoms with E-state index in [0.717, 1.165) is 6.07 Å². The lowest BCUT2D eigenvalue weighted by atomic mass is 10.0. The molecule has 12 N–H and O–H groups in total. The maximum absolute atomic E-state index is 12.9. The van der Waals surface area contributed by atoms with Crippen LogP contribution in [0.15, 0.2) is 36.4 Å². The Kier molecular flexibility index (Phi) is 7.58. The predicted molar refractivity (Wildman–Crippen MR) is 150 cm³/mol. The highest BCUT2D eigenvalue weighted by atomic mass is 16.3. The fourth-order valence-corrected chi connectivity index (χ4v) is 5.16. The molecule has 3 aromatic rings. The van der Waals surface area contributed by atoms with Crippen LogP contribution in [0.2, 0.25) is 0 Å². The van der Waals surface area contributed by atoms with Gasteiger partial charge in [-0.3, -0.25) is 4.79 Å². The van der Waals surface area contributed by atoms with Gasteiger partial charge in [-0.15, -0.1) is 0 Å². The van der Waals surface area contributed by atoms with Crippen LogP contribution in [0.4, 0.5) is 23.5 Å². The van der Waals surface area contributed by atoms with Gasteiger partial charge < -0.3 is 53.4 Å². The third-order valence-corrected chi connectivity index (χ3v) is 6.93. The number of aromatic nitrogens is 3. The number of hydrogen-bond acceptors (Lipinski definition) is 14. The number of nitrogens with one attached hydrogen (secondary N) is 1. The molecule has 14 heteroatoms. The number of hydrogen-bond donors (Lipinski definition) is 8. The number of rotatable bonds is 6. The van der Waals surface area contributed by atoms with Gasteiger partial charge in [-0.05, 0) is 37.1 Å². The largest absolute Gasteiger partial charge is 0.508 e. The molecule has 0 radical (unpaired) electrons. The van der Waals surface area contributed by atoms with Gasteiger partial charge >= 0.3 is 0 Å². The third-order valence-electron chi connectivity index (χ3n) is 6.93. The first-order valence-corrected chi connectivity index (χ1v) is 13.0. The maximum Gasteiger partial charge on any atom is 0.233 e. The molecule has 0 spiro atoms. The number of phenolic OH excluding ortho intramolecular Hbond substituents is 3. The van der Waals surface area contributed by atoms with Gasteiger partial charge in [0.2, 0.25) is 17.8 Å². The summed E-state index contributed by atoms with van der Waals surface area (Å²) in [6, 6.07) is 7.43. The number of aromatic hydroxyl groups is 3. The molecule has 0 bridgehead atoms. The summed E-state index contributed by atoms with van der Waals surface area (Å²) in [6.45, 7) is 2.10. The molecule has 2 saturated heterocycles. The Morgan fingerprint density at radius 3 is 1.68 bits per heavy atom. The molecule has 2 fully saturated rings. The number of nitrogens with zero attached hydrogens (tertiary/aromatic N) is 5. The molecule has 40 heavy (non-hydrogen) atoms. The Morgan fingerprint density at radius 1 is 0.725 bits per heavy atom. The van der Waals surface area contributed by atoms with Crippen molar-refractivity contribution in [3.63, 3.8) is 0 Å². The standard InChI is InChI=1S/C26H34N10O4/c27-13-5-14(28)10-35(9-13)25-32-24(33-26(34-25)36-11-15(29)6-16(30)12-36)31-17-1-3-19(21(38)7-17)23(40)20-4-2-18(37)8-22(20)39/h1-4,7-8,13-16,37-39H,5-6,9-12,27-30H2,(H,31,32,33,34)/t13-,14+,15-,16+. The van der Waals surface area contributed by atoms with Crippen LogP contribution in [0.1, 0.15) is 28.8 Å². The molecule has 1 aromatic heterocycles. The Balaban J connectivity index is 1.44. The van der Waals surface area contributed by atoms with Crippen LogP contribution < -0.4 is 38.1 Å². The number of phenols is 3. The van der Waals surface area contributed by atoms with Crippen LogP contribution >= 0.6 is 0 Å². The average molecular weight is 551 g/mol. The van der Waals surface area contributed by atoms with Gasteiger partial charge in [-0.2, -0.15) is 15.0 Å². The van der Waals surface area contributed by atoms with Gasteiger partial charge in [0, 0.05) is 68.2 Å². The number of anilines is 4. The van der Waals surface area contributed by atoms with Crippen LogP contribution in [0.5, 0.6) is 17.2 Å². The second-order valence-electron chi connectivity index (χ2n) is 10.5. The number of ketones is 1. The first-order chi connectivity index (χ1) is 19.0. The van der Waals surface area contributed by atoms with E-state index in [-0.39, 0.29) is 52.7 Å². The molecule has 2 aliphatic heterocycles. The van der Waals surface area contributed by atoms with E-state index in [2.05, 4.69) is 15.3 Å². The summed E-state index contributed by atoms with van der Waals surface area (Å²) in [5.74, 6) is -0.522. The number of carbonyl (C=O) groups is 1. The lowest BCUT2D eigenvalue weighted by Crippen LogP contribution is -2.54. The van der Waals surface area contributed by atoms with Crippen molar-refractivity contribution in [3.05, 3.63) is 47.5 Å². The zero-order valence-corrected chi connectivity index (χ0v) is 21.8. The van der Waals surface area contributed by atoms with E-state index in [1.165, 1.54) is 24.3 Å². The summed E-state index contributed by atoms with van der Waals surface area (Å²) >= 11 is 0. The lowest BCUT2D eigenvalue weighted by molar-refractivity contribution is 0.103. The van der Waals surface area contributed by atoms with Crippen molar-refractivity contribution in [2.45, 2.75) is 37.0 Å². The molecule has 0 saturated carbocycles. The van der Waals surface area contributed by atoms with Gasteiger partial charge in [-0.1, -0.05) is 0 Å². The van der Waals surface area contributed by atoms with E-state index in [1.807, 2.05) is 9.80 Å². The van der Waals surface area contributed by atoms with E-state index in [1.54, 1.807) is 6.07 Å². The second kappa shape index (κ2) is 11.1. The molecule has 14 nitrogen and oxygen atoms in total. The minimum absolute atomic E-state index is 0.0313. The predicted octanol–water partition coefficient (Wildman–Crippen LogP) is -0.308. The third kappa shape index (κ3) is 5.99. The lowest BCUT2D eigenvalue weighted by Gasteiger charge is -2.37. The highest BCUT2D eigenvalue weighted by Crippen LogP contribution is 2.31. The van der Waals surface area contributed by atoms with Crippen molar-refractivity contribution >= 4 is 29.3 Å². The van der Waals surface area contributed by atoms with Crippen LogP contribution in [0.3, 0.4) is 0 Å². The summed E-state index contributed by atoms with van der Waals surface area (Å²) in [5, 5.41) is 33.3. The van der Waals surface area contributed by atoms with E-state index in [9.17, 15) is 20.1 Å². The van der Waals surface area contributed by atoms with E-state index < -0.39 is 11.5 Å². The van der Waals surface area contributed by atoms with E-state index in [0.29, 0.717) is 56.6 Å². The van der Waals surface area contributed by atoms with E-state index >= 15 is 0 Å². The zero-order chi connectivity index (χ0) is 28.6. The minimum Gasteiger partial charge on any atom is -0.508 e. The number of piperidine rings is 2. The second-order valence-corrected chi connectivity index (χ2v) is 10.5. The summed E-state index contributed by atoms with van der Waals surface area (Å²) in [7, 11) is 0. The molecule has 3 heterocycles. The highest BCUT2D eigenvalue weighted by Gasteiger charge is 2.29. The van der Waals surface area contributed by atoms with Gasteiger partial charge in [0.15, 0.2) is 5.78 Å². The topological polar surface area (TPSA) is 239 Å². The average Bonchev–Trinajstić information content (AvgIpc) is 2.87. The summed E-state index contributed by atoms with van der Waals surface area (Å²) in [4.78, 5) is 30.6. The van der Waals surface area contributed by atoms with Crippen molar-refractivity contribution in [2.24, 2.45) is 22.9 Å². The Morgan fingerprint density at radius 2 is 1.20 bits per heavy atom. The van der Waals surface area contributed by atoms with Crippen molar-refractivity contribution in [1.82, 2.24) is 15.0 Å². The monoisotopic (exact) mass is 550 g/mol. The van der Waals surface area contributed by atoms with Gasteiger partial charge in [0.05, 0.1) is 11.1 Å². The van der Waals surface area contributed by atoms with Gasteiger partial charge in [0.1, 0.15) is 17.2 Å². The molecule has 0 unspecified atom stereocenters. The van der Waals surface area contributed by atoms with Gasteiger partial charge in [0.25, 0.3) is 0 Å². The SMILES string of the molecule is N[C@@H]1C[C@H](N)CN(c2nc(Nc3ccc(C(=O)c4ccc(O)cc4O)c(O)c3)nc(N3C[C@H](N)C[C@H](N)C3)n2)C1. The number of benzene rings is 2. The molecule has 2 aromatic carbocycles. The summed E-state index contributed by atoms with van der Waals surface area (Å²) in [5.41, 5.74) is 25.2. The van der Waals surface area contributed by atoms with Crippen molar-refractivity contribution in [3.8, 4) is 17.2 Å². The molecule has 0 amide bonds. The smallest absolute Gasteiger partial charge is 0.233 e. The minimum atomic E-state index is -0.609. The molecular weight excluding hydrogens is 516 g/mol. The molecule has 4 atom stereocenters. The van der Waals surface area contributed by atoms with Crippen LogP contribution in [-0.4, -0.2) is 86.4 Å². The number of carbonyl (C=O) groups excluding carboxylic acids is 1. The van der Waals surface area contributed by atoms with Crippen molar-refractivity contribution in [1.29, 1.82) is 0 Å². The van der Waals surface area contributed by atoms with Crippen molar-refractivity contribution in [2.75, 3.05) is 41.3 Å². The fourth-order valence-electron chi connectivity index (χ4n) is 5.16. The Labute approximate surface area is 230 Å². The molecule has 2 aliphatic rings. The first kappa shape index (κ1) is 27.3. The van der Waals surface area contributed by atoms with Gasteiger partial charge in [-0.25, -0.2) is 0 Å².